The third-order valence-corrected chi connectivity index (χ3v) is 7.78. The first-order chi connectivity index (χ1) is 16.0. The van der Waals surface area contributed by atoms with Crippen molar-refractivity contribution in [1.82, 2.24) is 9.21 Å². The van der Waals surface area contributed by atoms with Gasteiger partial charge < -0.3 is 19.1 Å². The number of amides is 1. The average Bonchev–Trinajstić information content (AvgIpc) is 2.86. The van der Waals surface area contributed by atoms with Crippen LogP contribution < -0.4 is 14.2 Å². The second-order valence-corrected chi connectivity index (χ2v) is 10.1. The van der Waals surface area contributed by atoms with Crippen LogP contribution in [0.4, 0.5) is 0 Å². The Labute approximate surface area is 195 Å². The summed E-state index contributed by atoms with van der Waals surface area (Å²) in [5, 5.41) is 0. The van der Waals surface area contributed by atoms with Gasteiger partial charge in [0, 0.05) is 19.6 Å². The number of rotatable bonds is 8. The van der Waals surface area contributed by atoms with Crippen molar-refractivity contribution < 1.29 is 27.4 Å². The Bertz CT molecular complexity index is 1050. The van der Waals surface area contributed by atoms with Crippen LogP contribution in [-0.4, -0.2) is 69.0 Å². The number of nitrogens with zero attached hydrogens (tertiary/aromatic N) is 2. The summed E-state index contributed by atoms with van der Waals surface area (Å²) >= 11 is 0. The standard InChI is InChI=1S/C24H30N2O6S/c1-2-25(16-20-17-31-22-8-4-5-9-23(22)32-20)24(27)18-30-19-10-12-21(13-11-19)33(28,29)26-14-6-3-7-15-26/h4-5,8-13,20H,2-3,6-7,14-18H2,1H3. The van der Waals surface area contributed by atoms with Crippen LogP contribution in [-0.2, 0) is 14.8 Å². The number of para-hydroxylation sites is 2. The maximum absolute atomic E-state index is 12.8. The zero-order valence-electron chi connectivity index (χ0n) is 18.8. The molecule has 178 valence electrons. The van der Waals surface area contributed by atoms with Crippen LogP contribution in [0.1, 0.15) is 26.2 Å². The van der Waals surface area contributed by atoms with Crippen molar-refractivity contribution in [2.45, 2.75) is 37.2 Å². The number of fused-ring (bicyclic) bond motifs is 1. The Balaban J connectivity index is 1.30. The van der Waals surface area contributed by atoms with E-state index in [9.17, 15) is 13.2 Å². The molecular formula is C24H30N2O6S. The number of carbonyl (C=O) groups is 1. The van der Waals surface area contributed by atoms with E-state index in [2.05, 4.69) is 0 Å². The zero-order valence-corrected chi connectivity index (χ0v) is 19.6. The molecule has 2 aliphatic rings. The fourth-order valence-corrected chi connectivity index (χ4v) is 5.52. The fraction of sp³-hybridized carbons (Fsp3) is 0.458. The first kappa shape index (κ1) is 23.4. The van der Waals surface area contributed by atoms with Crippen LogP contribution in [0.15, 0.2) is 53.4 Å². The predicted octanol–water partition coefficient (Wildman–Crippen LogP) is 2.93. The van der Waals surface area contributed by atoms with E-state index in [4.69, 9.17) is 14.2 Å². The van der Waals surface area contributed by atoms with Gasteiger partial charge in [-0.05, 0) is 56.2 Å². The van der Waals surface area contributed by atoms with Gasteiger partial charge in [0.1, 0.15) is 12.4 Å². The minimum atomic E-state index is -3.49. The van der Waals surface area contributed by atoms with Crippen LogP contribution in [0.5, 0.6) is 17.2 Å². The van der Waals surface area contributed by atoms with Crippen LogP contribution in [0.25, 0.3) is 0 Å². The van der Waals surface area contributed by atoms with Crippen molar-refractivity contribution in [2.75, 3.05) is 39.4 Å². The quantitative estimate of drug-likeness (QED) is 0.585. The summed E-state index contributed by atoms with van der Waals surface area (Å²) in [6, 6.07) is 13.7. The number of likely N-dealkylation sites (N-methyl/N-ethyl adjacent to an activating group) is 1. The zero-order chi connectivity index (χ0) is 23.3. The molecule has 1 amide bonds. The average molecular weight is 475 g/mol. The SMILES string of the molecule is CCN(CC1COc2ccccc2O1)C(=O)COc1ccc(S(=O)(=O)N2CCCCC2)cc1. The van der Waals surface area contributed by atoms with Crippen molar-refractivity contribution in [2.24, 2.45) is 0 Å². The summed E-state index contributed by atoms with van der Waals surface area (Å²) in [5.74, 6) is 1.65. The number of carbonyl (C=O) groups excluding carboxylic acids is 1. The molecule has 1 unspecified atom stereocenters. The molecular weight excluding hydrogens is 444 g/mol. The Morgan fingerprint density at radius 2 is 1.76 bits per heavy atom. The molecule has 2 aromatic carbocycles. The topological polar surface area (TPSA) is 85.4 Å². The highest BCUT2D eigenvalue weighted by molar-refractivity contribution is 7.89. The second-order valence-electron chi connectivity index (χ2n) is 8.15. The van der Waals surface area contributed by atoms with Gasteiger partial charge in [-0.25, -0.2) is 8.42 Å². The third-order valence-electron chi connectivity index (χ3n) is 5.86. The van der Waals surface area contributed by atoms with Gasteiger partial charge in [-0.2, -0.15) is 4.31 Å². The van der Waals surface area contributed by atoms with Crippen molar-refractivity contribution in [1.29, 1.82) is 0 Å². The predicted molar refractivity (Wildman–Crippen MR) is 123 cm³/mol. The number of benzene rings is 2. The lowest BCUT2D eigenvalue weighted by molar-refractivity contribution is -0.134. The second kappa shape index (κ2) is 10.4. The number of hydrogen-bond acceptors (Lipinski definition) is 6. The maximum Gasteiger partial charge on any atom is 0.260 e. The van der Waals surface area contributed by atoms with Crippen molar-refractivity contribution >= 4 is 15.9 Å². The Kier molecular flexibility index (Phi) is 7.39. The number of ether oxygens (including phenoxy) is 3. The Morgan fingerprint density at radius 3 is 2.45 bits per heavy atom. The summed E-state index contributed by atoms with van der Waals surface area (Å²) in [6.07, 6.45) is 2.58. The highest BCUT2D eigenvalue weighted by Gasteiger charge is 2.27. The lowest BCUT2D eigenvalue weighted by atomic mass is 10.2. The van der Waals surface area contributed by atoms with E-state index in [1.54, 1.807) is 17.0 Å². The van der Waals surface area contributed by atoms with Gasteiger partial charge in [-0.3, -0.25) is 4.79 Å². The molecule has 1 atom stereocenters. The molecule has 2 aromatic rings. The molecule has 0 aromatic heterocycles. The normalized spacial score (nSPS) is 18.5. The van der Waals surface area contributed by atoms with Crippen molar-refractivity contribution in [3.05, 3.63) is 48.5 Å². The fourth-order valence-electron chi connectivity index (χ4n) is 4.00. The smallest absolute Gasteiger partial charge is 0.260 e. The summed E-state index contributed by atoms with van der Waals surface area (Å²) in [7, 11) is -3.49. The van der Waals surface area contributed by atoms with E-state index in [0.29, 0.717) is 50.0 Å². The minimum Gasteiger partial charge on any atom is -0.486 e. The molecule has 0 bridgehead atoms. The van der Waals surface area contributed by atoms with Gasteiger partial charge in [0.2, 0.25) is 10.0 Å². The number of sulfonamides is 1. The van der Waals surface area contributed by atoms with Gasteiger partial charge in [0.25, 0.3) is 5.91 Å². The summed E-state index contributed by atoms with van der Waals surface area (Å²) in [6.45, 7) is 4.14. The van der Waals surface area contributed by atoms with E-state index in [0.717, 1.165) is 19.3 Å². The summed E-state index contributed by atoms with van der Waals surface area (Å²) in [5.41, 5.74) is 0. The first-order valence-electron chi connectivity index (χ1n) is 11.4. The molecule has 33 heavy (non-hydrogen) atoms. The number of hydrogen-bond donors (Lipinski definition) is 0. The summed E-state index contributed by atoms with van der Waals surface area (Å²) < 4.78 is 44.4. The molecule has 0 spiro atoms. The molecule has 9 heteroatoms. The van der Waals surface area contributed by atoms with Gasteiger partial charge in [-0.15, -0.1) is 0 Å². The molecule has 0 saturated carbocycles. The molecule has 0 radical (unpaired) electrons. The molecule has 8 nitrogen and oxygen atoms in total. The van der Waals surface area contributed by atoms with Crippen LogP contribution >= 0.6 is 0 Å². The van der Waals surface area contributed by atoms with E-state index < -0.39 is 10.0 Å². The molecule has 4 rings (SSSR count). The molecule has 0 N–H and O–H groups in total. The van der Waals surface area contributed by atoms with E-state index in [1.807, 2.05) is 31.2 Å². The van der Waals surface area contributed by atoms with Crippen LogP contribution in [0.3, 0.4) is 0 Å². The maximum atomic E-state index is 12.8. The van der Waals surface area contributed by atoms with Crippen LogP contribution in [0, 0.1) is 0 Å². The van der Waals surface area contributed by atoms with Crippen LogP contribution in [0.2, 0.25) is 0 Å². The lowest BCUT2D eigenvalue weighted by Gasteiger charge is -2.30. The highest BCUT2D eigenvalue weighted by Crippen LogP contribution is 2.31. The van der Waals surface area contributed by atoms with Crippen molar-refractivity contribution in [3.8, 4) is 17.2 Å². The van der Waals surface area contributed by atoms with Gasteiger partial charge in [-0.1, -0.05) is 18.6 Å². The lowest BCUT2D eigenvalue weighted by Crippen LogP contribution is -2.45. The molecule has 1 saturated heterocycles. The van der Waals surface area contributed by atoms with Gasteiger partial charge in [0.05, 0.1) is 11.4 Å². The van der Waals surface area contributed by atoms with Gasteiger partial charge >= 0.3 is 0 Å². The first-order valence-corrected chi connectivity index (χ1v) is 12.8. The van der Waals surface area contributed by atoms with Gasteiger partial charge in [0.15, 0.2) is 24.2 Å². The van der Waals surface area contributed by atoms with Crippen molar-refractivity contribution in [3.63, 3.8) is 0 Å². The Morgan fingerprint density at radius 1 is 1.06 bits per heavy atom. The molecule has 2 aliphatic heterocycles. The largest absolute Gasteiger partial charge is 0.486 e. The van der Waals surface area contributed by atoms with E-state index in [1.165, 1.54) is 16.4 Å². The minimum absolute atomic E-state index is 0.143. The highest BCUT2D eigenvalue weighted by atomic mass is 32.2. The van der Waals surface area contributed by atoms with E-state index in [-0.39, 0.29) is 23.5 Å². The monoisotopic (exact) mass is 474 g/mol. The van der Waals surface area contributed by atoms with E-state index >= 15 is 0 Å². The molecule has 2 heterocycles. The molecule has 1 fully saturated rings. The molecule has 0 aliphatic carbocycles. The Hall–Kier alpha value is -2.78. The third kappa shape index (κ3) is 5.59. The number of piperidine rings is 1. The summed E-state index contributed by atoms with van der Waals surface area (Å²) in [4.78, 5) is 14.6.